The smallest absolute Gasteiger partial charge is 0.251 e. The lowest BCUT2D eigenvalue weighted by molar-refractivity contribution is 0.0948. The number of rotatable bonds is 8. The lowest BCUT2D eigenvalue weighted by Crippen LogP contribution is -2.31. The molecule has 1 atom stereocenters. The second-order valence-corrected chi connectivity index (χ2v) is 7.07. The SMILES string of the molecule is CCS(=O)(=O)NCc1ccc(C(=O)NCC(C)CN)cc1.Cl. The van der Waals surface area contributed by atoms with E-state index < -0.39 is 10.0 Å². The summed E-state index contributed by atoms with van der Waals surface area (Å²) in [4.78, 5) is 11.9. The molecule has 1 unspecified atom stereocenters. The molecule has 126 valence electrons. The van der Waals surface area contributed by atoms with Gasteiger partial charge in [-0.3, -0.25) is 4.79 Å². The van der Waals surface area contributed by atoms with Gasteiger partial charge in [-0.05, 0) is 37.1 Å². The highest BCUT2D eigenvalue weighted by atomic mass is 35.5. The molecule has 0 spiro atoms. The number of carbonyl (C=O) groups excluding carboxylic acids is 1. The third kappa shape index (κ3) is 7.22. The van der Waals surface area contributed by atoms with Crippen molar-refractivity contribution in [2.45, 2.75) is 20.4 Å². The third-order valence-corrected chi connectivity index (χ3v) is 4.45. The van der Waals surface area contributed by atoms with E-state index in [9.17, 15) is 13.2 Å². The Morgan fingerprint density at radius 1 is 1.27 bits per heavy atom. The number of sulfonamides is 1. The predicted molar refractivity (Wildman–Crippen MR) is 90.5 cm³/mol. The molecule has 0 aliphatic heterocycles. The number of hydrogen-bond donors (Lipinski definition) is 3. The summed E-state index contributed by atoms with van der Waals surface area (Å²) >= 11 is 0. The number of nitrogens with one attached hydrogen (secondary N) is 2. The second-order valence-electron chi connectivity index (χ2n) is 4.97. The van der Waals surface area contributed by atoms with Crippen LogP contribution in [0.2, 0.25) is 0 Å². The van der Waals surface area contributed by atoms with E-state index in [0.717, 1.165) is 5.56 Å². The summed E-state index contributed by atoms with van der Waals surface area (Å²) in [5.74, 6) is 0.125. The van der Waals surface area contributed by atoms with Crippen LogP contribution in [0.3, 0.4) is 0 Å². The Balaban J connectivity index is 0.00000441. The first-order chi connectivity index (χ1) is 9.88. The summed E-state index contributed by atoms with van der Waals surface area (Å²) in [6.45, 7) is 4.83. The Hall–Kier alpha value is -1.15. The zero-order valence-electron chi connectivity index (χ0n) is 12.8. The molecule has 1 amide bonds. The maximum absolute atomic E-state index is 11.9. The van der Waals surface area contributed by atoms with Gasteiger partial charge in [0, 0.05) is 18.7 Å². The van der Waals surface area contributed by atoms with Gasteiger partial charge in [0.1, 0.15) is 0 Å². The van der Waals surface area contributed by atoms with Crippen molar-refractivity contribution in [3.8, 4) is 0 Å². The van der Waals surface area contributed by atoms with Crippen LogP contribution in [0.25, 0.3) is 0 Å². The molecule has 1 aromatic carbocycles. The largest absolute Gasteiger partial charge is 0.352 e. The van der Waals surface area contributed by atoms with E-state index in [4.69, 9.17) is 5.73 Å². The van der Waals surface area contributed by atoms with Gasteiger partial charge < -0.3 is 11.1 Å². The second kappa shape index (κ2) is 9.78. The van der Waals surface area contributed by atoms with E-state index in [-0.39, 0.29) is 36.5 Å². The monoisotopic (exact) mass is 349 g/mol. The number of benzene rings is 1. The Morgan fingerprint density at radius 2 is 1.86 bits per heavy atom. The van der Waals surface area contributed by atoms with Crippen molar-refractivity contribution in [3.05, 3.63) is 35.4 Å². The normalized spacial score (nSPS) is 12.3. The number of amides is 1. The molecule has 0 bridgehead atoms. The van der Waals surface area contributed by atoms with Gasteiger partial charge in [0.25, 0.3) is 5.91 Å². The van der Waals surface area contributed by atoms with E-state index in [1.54, 1.807) is 31.2 Å². The summed E-state index contributed by atoms with van der Waals surface area (Å²) in [5, 5.41) is 2.80. The topological polar surface area (TPSA) is 101 Å². The number of nitrogens with two attached hydrogens (primary N) is 1. The molecule has 0 heterocycles. The first-order valence-electron chi connectivity index (χ1n) is 6.92. The molecule has 0 fully saturated rings. The Labute approximate surface area is 138 Å². The van der Waals surface area contributed by atoms with E-state index in [0.29, 0.717) is 18.7 Å². The van der Waals surface area contributed by atoms with Gasteiger partial charge in [0.2, 0.25) is 10.0 Å². The molecule has 0 aliphatic carbocycles. The molecule has 0 saturated heterocycles. The molecule has 8 heteroatoms. The molecule has 1 aromatic rings. The summed E-state index contributed by atoms with van der Waals surface area (Å²) in [7, 11) is -3.21. The third-order valence-electron chi connectivity index (χ3n) is 3.11. The van der Waals surface area contributed by atoms with Crippen molar-refractivity contribution in [1.82, 2.24) is 10.0 Å². The Kier molecular flexibility index (Phi) is 9.27. The zero-order chi connectivity index (χ0) is 15.9. The summed E-state index contributed by atoms with van der Waals surface area (Å²) in [5.41, 5.74) is 6.84. The van der Waals surface area contributed by atoms with Gasteiger partial charge >= 0.3 is 0 Å². The van der Waals surface area contributed by atoms with Crippen molar-refractivity contribution in [2.24, 2.45) is 11.7 Å². The van der Waals surface area contributed by atoms with Crippen molar-refractivity contribution in [3.63, 3.8) is 0 Å². The molecule has 1 rings (SSSR count). The Bertz CT molecular complexity index is 561. The summed E-state index contributed by atoms with van der Waals surface area (Å²) in [6.07, 6.45) is 0. The highest BCUT2D eigenvalue weighted by Gasteiger charge is 2.08. The van der Waals surface area contributed by atoms with Gasteiger partial charge in [-0.1, -0.05) is 19.1 Å². The lowest BCUT2D eigenvalue weighted by Gasteiger charge is -2.10. The van der Waals surface area contributed by atoms with Gasteiger partial charge in [-0.2, -0.15) is 0 Å². The van der Waals surface area contributed by atoms with E-state index in [1.165, 1.54) is 0 Å². The van der Waals surface area contributed by atoms with Crippen LogP contribution in [0.1, 0.15) is 29.8 Å². The van der Waals surface area contributed by atoms with Crippen molar-refractivity contribution < 1.29 is 13.2 Å². The van der Waals surface area contributed by atoms with Gasteiger partial charge in [0.15, 0.2) is 0 Å². The quantitative estimate of drug-likeness (QED) is 0.648. The lowest BCUT2D eigenvalue weighted by atomic mass is 10.1. The van der Waals surface area contributed by atoms with E-state index >= 15 is 0 Å². The fourth-order valence-corrected chi connectivity index (χ4v) is 2.11. The van der Waals surface area contributed by atoms with Gasteiger partial charge in [0.05, 0.1) is 5.75 Å². The zero-order valence-corrected chi connectivity index (χ0v) is 14.5. The molecule has 0 aromatic heterocycles. The van der Waals surface area contributed by atoms with Crippen molar-refractivity contribution >= 4 is 28.3 Å². The average molecular weight is 350 g/mol. The molecule has 0 aliphatic rings. The molecule has 22 heavy (non-hydrogen) atoms. The maximum atomic E-state index is 11.9. The minimum Gasteiger partial charge on any atom is -0.352 e. The molecule has 0 radical (unpaired) electrons. The highest BCUT2D eigenvalue weighted by Crippen LogP contribution is 2.05. The van der Waals surface area contributed by atoms with Gasteiger partial charge in [-0.25, -0.2) is 13.1 Å². The summed E-state index contributed by atoms with van der Waals surface area (Å²) < 4.78 is 25.2. The van der Waals surface area contributed by atoms with E-state index in [2.05, 4.69) is 10.0 Å². The molecule has 0 saturated carbocycles. The molecule has 4 N–H and O–H groups in total. The van der Waals surface area contributed by atoms with Crippen LogP contribution in [0.15, 0.2) is 24.3 Å². The van der Waals surface area contributed by atoms with Crippen LogP contribution in [-0.2, 0) is 16.6 Å². The van der Waals surface area contributed by atoms with E-state index in [1.807, 2.05) is 6.92 Å². The number of halogens is 1. The highest BCUT2D eigenvalue weighted by molar-refractivity contribution is 7.89. The molecular formula is C14H24ClN3O3S. The summed E-state index contributed by atoms with van der Waals surface area (Å²) in [6, 6.07) is 6.83. The fraction of sp³-hybridized carbons (Fsp3) is 0.500. The minimum absolute atomic E-state index is 0. The van der Waals surface area contributed by atoms with Crippen LogP contribution < -0.4 is 15.8 Å². The number of hydrogen-bond acceptors (Lipinski definition) is 4. The maximum Gasteiger partial charge on any atom is 0.251 e. The van der Waals surface area contributed by atoms with Gasteiger partial charge in [-0.15, -0.1) is 12.4 Å². The van der Waals surface area contributed by atoms with Crippen molar-refractivity contribution in [1.29, 1.82) is 0 Å². The molecule has 6 nitrogen and oxygen atoms in total. The van der Waals surface area contributed by atoms with Crippen LogP contribution in [-0.4, -0.2) is 33.2 Å². The molecular weight excluding hydrogens is 326 g/mol. The minimum atomic E-state index is -3.21. The van der Waals surface area contributed by atoms with Crippen LogP contribution in [0.4, 0.5) is 0 Å². The first kappa shape index (κ1) is 20.9. The Morgan fingerprint density at radius 3 is 2.36 bits per heavy atom. The van der Waals surface area contributed by atoms with Crippen LogP contribution in [0.5, 0.6) is 0 Å². The first-order valence-corrected chi connectivity index (χ1v) is 8.57. The van der Waals surface area contributed by atoms with Crippen LogP contribution in [0, 0.1) is 5.92 Å². The fourth-order valence-electron chi connectivity index (χ4n) is 1.52. The number of carbonyl (C=O) groups is 1. The van der Waals surface area contributed by atoms with Crippen LogP contribution >= 0.6 is 12.4 Å². The predicted octanol–water partition coefficient (Wildman–Crippen LogP) is 0.872. The van der Waals surface area contributed by atoms with Crippen molar-refractivity contribution in [2.75, 3.05) is 18.8 Å². The standard InChI is InChI=1S/C14H23N3O3S.ClH/c1-3-21(19,20)17-10-12-4-6-13(7-5-12)14(18)16-9-11(2)8-15;/h4-7,11,17H,3,8-10,15H2,1-2H3,(H,16,18);1H. The average Bonchev–Trinajstić information content (AvgIpc) is 2.50.